The van der Waals surface area contributed by atoms with Crippen LogP contribution in [0.2, 0.25) is 0 Å². The third kappa shape index (κ3) is 10.9. The number of benzene rings is 2. The van der Waals surface area contributed by atoms with E-state index in [0.717, 1.165) is 70.9 Å². The average Bonchev–Trinajstić information content (AvgIpc) is 3.30. The van der Waals surface area contributed by atoms with Gasteiger partial charge < -0.3 is 28.5 Å². The summed E-state index contributed by atoms with van der Waals surface area (Å²) in [7, 11) is -1.22. The number of hydrogen-bond acceptors (Lipinski definition) is 8. The lowest BCUT2D eigenvalue weighted by molar-refractivity contribution is -0.137. The van der Waals surface area contributed by atoms with E-state index in [2.05, 4.69) is 60.6 Å². The number of aliphatic carboxylic acids is 1. The Hall–Kier alpha value is -4.29. The molecule has 1 N–H and O–H groups in total. The van der Waals surface area contributed by atoms with Gasteiger partial charge in [-0.15, -0.1) is 0 Å². The lowest BCUT2D eigenvalue weighted by Gasteiger charge is -2.27. The number of hydrogen-bond donors (Lipinski definition) is 1. The standard InChI is InChI=1S/C42H54N2O8S/c1-41(2,3)39-28-31(34-21-19-32(29-37(34)52-39)43(24-26-50-6)25-27-51-7)16-12-9-8-10-13-17-38-42(4,5)35-30-33(53(47,48)49)20-22-36(35)44(38)23-15-11-14-18-40(45)46/h8-10,12-13,16-17,19-22,28-30H,11,14-15,18,23-27H2,1-7H3,(H-,45,46,47,48,49). The molecule has 0 aromatic heterocycles. The van der Waals surface area contributed by atoms with E-state index in [4.69, 9.17) is 19.0 Å². The molecule has 0 saturated heterocycles. The number of ether oxygens (including phenoxy) is 2. The Balaban J connectivity index is 1.60. The van der Waals surface area contributed by atoms with Crippen molar-refractivity contribution in [2.75, 3.05) is 52.0 Å². The smallest absolute Gasteiger partial charge is 0.303 e. The first-order chi connectivity index (χ1) is 25.1. The highest BCUT2D eigenvalue weighted by Gasteiger charge is 2.40. The Morgan fingerprint density at radius 2 is 1.62 bits per heavy atom. The fourth-order valence-corrected chi connectivity index (χ4v) is 6.95. The molecule has 0 atom stereocenters. The summed E-state index contributed by atoms with van der Waals surface area (Å²) in [6.45, 7) is 13.7. The third-order valence-electron chi connectivity index (χ3n) is 9.42. The van der Waals surface area contributed by atoms with Crippen LogP contribution in [0.15, 0.2) is 93.9 Å². The number of carboxylic acid groups (broad SMARTS) is 1. The normalized spacial score (nSPS) is 15.5. The molecule has 4 rings (SSSR count). The fraction of sp³-hybridized carbons (Fsp3) is 0.429. The summed E-state index contributed by atoms with van der Waals surface area (Å²) in [5, 5.41) is 10.1. The summed E-state index contributed by atoms with van der Waals surface area (Å²) in [6.07, 6.45) is 16.1. The van der Waals surface area contributed by atoms with Crippen LogP contribution >= 0.6 is 0 Å². The maximum atomic E-state index is 11.8. The zero-order valence-electron chi connectivity index (χ0n) is 32.1. The number of carbonyl (C=O) groups is 1. The van der Waals surface area contributed by atoms with E-state index in [1.54, 1.807) is 20.3 Å². The van der Waals surface area contributed by atoms with Crippen LogP contribution in [-0.4, -0.2) is 71.1 Å². The predicted octanol–water partition coefficient (Wildman–Crippen LogP) is 7.10. The lowest BCUT2D eigenvalue weighted by atomic mass is 9.83. The van der Waals surface area contributed by atoms with Crippen LogP contribution in [0.25, 0.3) is 17.4 Å². The maximum Gasteiger partial charge on any atom is 0.303 e. The minimum Gasteiger partial charge on any atom is -0.744 e. The number of unbranched alkanes of at least 4 members (excludes halogenated alkanes) is 2. The number of methoxy groups -OCH3 is 2. The molecule has 0 amide bonds. The van der Waals surface area contributed by atoms with Gasteiger partial charge in [0.15, 0.2) is 13.1 Å². The summed E-state index contributed by atoms with van der Waals surface area (Å²) in [5.74, 6) is 0.870. The second-order valence-corrected chi connectivity index (χ2v) is 16.1. The number of carboxylic acids is 1. The van der Waals surface area contributed by atoms with Gasteiger partial charge >= 0.3 is 5.97 Å². The molecular formula is C42H54N2O8S. The van der Waals surface area contributed by atoms with Crippen LogP contribution in [0, 0.1) is 0 Å². The van der Waals surface area contributed by atoms with Gasteiger partial charge in [0.05, 0.1) is 11.0 Å². The molecule has 1 aromatic rings. The Kier molecular flexibility index (Phi) is 14.2. The third-order valence-corrected chi connectivity index (χ3v) is 10.2. The molecule has 0 unspecified atom stereocenters. The molecule has 0 radical (unpaired) electrons. The highest BCUT2D eigenvalue weighted by Crippen LogP contribution is 2.48. The molecule has 2 aliphatic heterocycles. The van der Waals surface area contributed by atoms with Crippen LogP contribution in [0.4, 0.5) is 5.69 Å². The van der Waals surface area contributed by atoms with Gasteiger partial charge in [0.1, 0.15) is 34.9 Å². The van der Waals surface area contributed by atoms with E-state index < -0.39 is 21.5 Å². The molecule has 1 aliphatic carbocycles. The van der Waals surface area contributed by atoms with Gasteiger partial charge in [0.2, 0.25) is 5.36 Å². The molecule has 11 heteroatoms. The van der Waals surface area contributed by atoms with Crippen molar-refractivity contribution in [1.82, 2.24) is 4.58 Å². The predicted molar refractivity (Wildman–Crippen MR) is 209 cm³/mol. The molecule has 2 heterocycles. The van der Waals surface area contributed by atoms with Crippen LogP contribution in [0.3, 0.4) is 0 Å². The van der Waals surface area contributed by atoms with E-state index in [0.29, 0.717) is 26.2 Å². The molecule has 3 aliphatic rings. The zero-order chi connectivity index (χ0) is 38.8. The van der Waals surface area contributed by atoms with Crippen molar-refractivity contribution >= 4 is 27.9 Å². The van der Waals surface area contributed by atoms with E-state index in [1.165, 1.54) is 12.1 Å². The number of fused-ring (bicyclic) bond motifs is 2. The number of nitrogens with zero attached hydrogens (tertiary/aromatic N) is 2. The summed E-state index contributed by atoms with van der Waals surface area (Å²) in [5.41, 5.74) is 3.85. The van der Waals surface area contributed by atoms with Gasteiger partial charge in [-0.1, -0.05) is 77.5 Å². The monoisotopic (exact) mass is 746 g/mol. The van der Waals surface area contributed by atoms with E-state index in [9.17, 15) is 17.8 Å². The number of allylic oxidation sites excluding steroid dienone is 7. The van der Waals surface area contributed by atoms with Crippen molar-refractivity contribution in [3.05, 3.63) is 107 Å². The van der Waals surface area contributed by atoms with Crippen LogP contribution in [-0.2, 0) is 35.2 Å². The summed E-state index contributed by atoms with van der Waals surface area (Å²) >= 11 is 0. The van der Waals surface area contributed by atoms with Crippen molar-refractivity contribution in [3.63, 3.8) is 0 Å². The van der Waals surface area contributed by atoms with Crippen molar-refractivity contribution in [1.29, 1.82) is 0 Å². The Bertz CT molecular complexity index is 2000. The van der Waals surface area contributed by atoms with Crippen molar-refractivity contribution in [3.8, 4) is 11.3 Å². The van der Waals surface area contributed by atoms with Gasteiger partial charge in [-0.2, -0.15) is 0 Å². The van der Waals surface area contributed by atoms with Crippen molar-refractivity contribution in [2.24, 2.45) is 0 Å². The fourth-order valence-electron chi connectivity index (χ4n) is 6.45. The molecule has 0 spiro atoms. The first-order valence-electron chi connectivity index (χ1n) is 18.0. The van der Waals surface area contributed by atoms with Gasteiger partial charge in [-0.05, 0) is 60.4 Å². The second kappa shape index (κ2) is 18.2. The first-order valence-corrected chi connectivity index (χ1v) is 19.4. The van der Waals surface area contributed by atoms with Crippen LogP contribution in [0.5, 0.6) is 0 Å². The lowest BCUT2D eigenvalue weighted by Crippen LogP contribution is -2.35. The van der Waals surface area contributed by atoms with E-state index in [1.807, 2.05) is 50.3 Å². The zero-order valence-corrected chi connectivity index (χ0v) is 32.9. The summed E-state index contributed by atoms with van der Waals surface area (Å²) in [4.78, 5) is 12.9. The molecule has 286 valence electrons. The molecule has 0 bridgehead atoms. The highest BCUT2D eigenvalue weighted by molar-refractivity contribution is 7.85. The van der Waals surface area contributed by atoms with Crippen LogP contribution in [0.1, 0.15) is 77.2 Å². The molecule has 53 heavy (non-hydrogen) atoms. The number of anilines is 1. The molecule has 10 nitrogen and oxygen atoms in total. The average molecular weight is 747 g/mol. The molecule has 0 saturated carbocycles. The van der Waals surface area contributed by atoms with Gasteiger partial charge in [-0.3, -0.25) is 4.79 Å². The maximum absolute atomic E-state index is 11.8. The van der Waals surface area contributed by atoms with Gasteiger partial charge in [0.25, 0.3) is 0 Å². The number of rotatable bonds is 17. The quantitative estimate of drug-likeness (QED) is 0.0665. The Morgan fingerprint density at radius 3 is 2.26 bits per heavy atom. The molecule has 0 fully saturated rings. The molecular weight excluding hydrogens is 693 g/mol. The minimum absolute atomic E-state index is 0.122. The van der Waals surface area contributed by atoms with Crippen molar-refractivity contribution in [2.45, 2.75) is 76.0 Å². The second-order valence-electron chi connectivity index (χ2n) is 14.8. The molecule has 1 aromatic carbocycles. The Labute approximate surface area is 314 Å². The summed E-state index contributed by atoms with van der Waals surface area (Å²) < 4.78 is 54.9. The van der Waals surface area contributed by atoms with E-state index in [-0.39, 0.29) is 16.7 Å². The largest absolute Gasteiger partial charge is 0.744 e. The first kappa shape index (κ1) is 41.5. The van der Waals surface area contributed by atoms with Gasteiger partial charge in [0, 0.05) is 61.0 Å². The van der Waals surface area contributed by atoms with Crippen LogP contribution < -0.4 is 14.8 Å². The Morgan fingerprint density at radius 1 is 0.943 bits per heavy atom. The van der Waals surface area contributed by atoms with Gasteiger partial charge in [-0.25, -0.2) is 13.0 Å². The SMILES string of the molecule is COCC[N+](CCOC)=c1ccc2c(/C=C/C=C/C=C/C=C3/N(CCCCCC(=O)O)c4ccc(S(=O)(=O)[O-])cc4C3(C)C)cc(C(C)(C)C)oc-2c1. The highest BCUT2D eigenvalue weighted by atomic mass is 32.2. The minimum atomic E-state index is -4.61. The van der Waals surface area contributed by atoms with E-state index >= 15 is 0 Å². The van der Waals surface area contributed by atoms with Crippen molar-refractivity contribution < 1.29 is 36.8 Å². The summed E-state index contributed by atoms with van der Waals surface area (Å²) in [6, 6.07) is 12.9. The topological polar surface area (TPSA) is 132 Å².